The molecule has 3 rings (SSSR count). The molecule has 0 aliphatic rings. The zero-order valence-electron chi connectivity index (χ0n) is 14.8. The molecule has 1 aromatic heterocycles. The first-order valence-electron chi connectivity index (χ1n) is 8.01. The molecule has 6 nitrogen and oxygen atoms in total. The van der Waals surface area contributed by atoms with Gasteiger partial charge in [-0.2, -0.15) is 0 Å². The maximum Gasteiger partial charge on any atom is 0.337 e. The second-order valence-corrected chi connectivity index (χ2v) is 6.00. The lowest BCUT2D eigenvalue weighted by Gasteiger charge is -2.10. The molecular weight excluding hydrogens is 334 g/mol. The van der Waals surface area contributed by atoms with Crippen molar-refractivity contribution < 1.29 is 24.2 Å². The predicted molar refractivity (Wildman–Crippen MR) is 97.0 cm³/mol. The predicted octanol–water partition coefficient (Wildman–Crippen LogP) is 3.26. The molecule has 0 saturated carbocycles. The van der Waals surface area contributed by atoms with Gasteiger partial charge in [-0.05, 0) is 41.5 Å². The number of fused-ring (bicyclic) bond motifs is 1. The molecule has 6 heteroatoms. The molecule has 0 unspecified atom stereocenters. The van der Waals surface area contributed by atoms with Crippen molar-refractivity contribution in [3.05, 3.63) is 64.8 Å². The van der Waals surface area contributed by atoms with Crippen molar-refractivity contribution in [1.82, 2.24) is 4.57 Å². The van der Waals surface area contributed by atoms with Gasteiger partial charge < -0.3 is 19.1 Å². The summed E-state index contributed by atoms with van der Waals surface area (Å²) < 4.78 is 12.1. The third-order valence-electron chi connectivity index (χ3n) is 4.41. The van der Waals surface area contributed by atoms with E-state index in [9.17, 15) is 14.7 Å². The van der Waals surface area contributed by atoms with Gasteiger partial charge in [-0.25, -0.2) is 9.59 Å². The molecule has 0 fully saturated rings. The lowest BCUT2D eigenvalue weighted by atomic mass is 10.0. The molecule has 0 amide bonds. The molecule has 0 aliphatic carbocycles. The standard InChI is InChI=1S/C20H19NO5/c1-21-11-15(16-9-13(19(22)23)6-7-17(16)21)8-12-4-5-14(20(24)26-3)10-18(12)25-2/h4-7,9-11H,8H2,1-3H3,(H,22,23). The highest BCUT2D eigenvalue weighted by Gasteiger charge is 2.15. The SMILES string of the molecule is COC(=O)c1ccc(Cc2cn(C)c3ccc(C(=O)O)cc23)c(OC)c1. The molecule has 0 bridgehead atoms. The normalized spacial score (nSPS) is 10.7. The Kier molecular flexibility index (Phi) is 4.67. The zero-order chi connectivity index (χ0) is 18.8. The highest BCUT2D eigenvalue weighted by Crippen LogP contribution is 2.28. The summed E-state index contributed by atoms with van der Waals surface area (Å²) in [5.41, 5.74) is 3.50. The number of nitrogens with zero attached hydrogens (tertiary/aromatic N) is 1. The minimum absolute atomic E-state index is 0.248. The maximum atomic E-state index is 11.7. The number of aryl methyl sites for hydroxylation is 1. The Morgan fingerprint density at radius 3 is 2.42 bits per heavy atom. The first kappa shape index (κ1) is 17.5. The van der Waals surface area contributed by atoms with Gasteiger partial charge in [0, 0.05) is 30.6 Å². The van der Waals surface area contributed by atoms with Crippen LogP contribution in [0.3, 0.4) is 0 Å². The minimum atomic E-state index is -0.957. The molecule has 0 atom stereocenters. The van der Waals surface area contributed by atoms with Crippen molar-refractivity contribution >= 4 is 22.8 Å². The van der Waals surface area contributed by atoms with E-state index in [1.807, 2.05) is 23.9 Å². The highest BCUT2D eigenvalue weighted by molar-refractivity contribution is 5.95. The van der Waals surface area contributed by atoms with E-state index in [1.54, 1.807) is 37.4 Å². The van der Waals surface area contributed by atoms with Crippen molar-refractivity contribution in [3.63, 3.8) is 0 Å². The Bertz CT molecular complexity index is 1000. The van der Waals surface area contributed by atoms with E-state index in [0.717, 1.165) is 22.0 Å². The van der Waals surface area contributed by atoms with Crippen molar-refractivity contribution in [2.45, 2.75) is 6.42 Å². The van der Waals surface area contributed by atoms with Crippen LogP contribution in [0.4, 0.5) is 0 Å². The number of hydrogen-bond donors (Lipinski definition) is 1. The number of hydrogen-bond acceptors (Lipinski definition) is 4. The number of aromatic carboxylic acids is 1. The van der Waals surface area contributed by atoms with Crippen LogP contribution in [0.1, 0.15) is 31.8 Å². The quantitative estimate of drug-likeness (QED) is 0.713. The van der Waals surface area contributed by atoms with E-state index in [0.29, 0.717) is 17.7 Å². The topological polar surface area (TPSA) is 77.8 Å². The molecule has 0 radical (unpaired) electrons. The Hall–Kier alpha value is -3.28. The van der Waals surface area contributed by atoms with E-state index in [-0.39, 0.29) is 5.56 Å². The number of benzene rings is 2. The number of carboxylic acid groups (broad SMARTS) is 1. The molecule has 0 spiro atoms. The summed E-state index contributed by atoms with van der Waals surface area (Å²) in [4.78, 5) is 23.0. The second-order valence-electron chi connectivity index (χ2n) is 6.00. The van der Waals surface area contributed by atoms with Gasteiger partial charge in [0.2, 0.25) is 0 Å². The number of rotatable bonds is 5. The summed E-state index contributed by atoms with van der Waals surface area (Å²) in [7, 11) is 4.80. The van der Waals surface area contributed by atoms with Crippen LogP contribution in [0.15, 0.2) is 42.6 Å². The first-order valence-corrected chi connectivity index (χ1v) is 8.01. The fourth-order valence-corrected chi connectivity index (χ4v) is 3.09. The van der Waals surface area contributed by atoms with Crippen LogP contribution in [0, 0.1) is 0 Å². The summed E-state index contributed by atoms with van der Waals surface area (Å²) in [6.07, 6.45) is 2.52. The van der Waals surface area contributed by atoms with E-state index in [4.69, 9.17) is 9.47 Å². The number of aromatic nitrogens is 1. The summed E-state index contributed by atoms with van der Waals surface area (Å²) in [6, 6.07) is 10.2. The van der Waals surface area contributed by atoms with Crippen molar-refractivity contribution in [2.75, 3.05) is 14.2 Å². The summed E-state index contributed by atoms with van der Waals surface area (Å²) in [5.74, 6) is -0.799. The molecule has 26 heavy (non-hydrogen) atoms. The fraction of sp³-hybridized carbons (Fsp3) is 0.200. The maximum absolute atomic E-state index is 11.7. The molecule has 1 heterocycles. The lowest BCUT2D eigenvalue weighted by molar-refractivity contribution is 0.0599. The van der Waals surface area contributed by atoms with E-state index >= 15 is 0 Å². The average molecular weight is 353 g/mol. The Morgan fingerprint density at radius 2 is 1.77 bits per heavy atom. The molecule has 1 N–H and O–H groups in total. The Balaban J connectivity index is 2.04. The lowest BCUT2D eigenvalue weighted by Crippen LogP contribution is -2.03. The number of esters is 1. The summed E-state index contributed by atoms with van der Waals surface area (Å²) in [6.45, 7) is 0. The molecule has 0 aliphatic heterocycles. The molecule has 134 valence electrons. The smallest absolute Gasteiger partial charge is 0.337 e. The van der Waals surface area contributed by atoms with Gasteiger partial charge in [-0.15, -0.1) is 0 Å². The number of methoxy groups -OCH3 is 2. The number of ether oxygens (including phenoxy) is 2. The van der Waals surface area contributed by atoms with Gasteiger partial charge in [0.05, 0.1) is 25.3 Å². The zero-order valence-corrected chi connectivity index (χ0v) is 14.8. The minimum Gasteiger partial charge on any atom is -0.496 e. The van der Waals surface area contributed by atoms with Crippen LogP contribution in [-0.4, -0.2) is 35.8 Å². The summed E-state index contributed by atoms with van der Waals surface area (Å²) in [5, 5.41) is 10.1. The van der Waals surface area contributed by atoms with Crippen molar-refractivity contribution in [3.8, 4) is 5.75 Å². The van der Waals surface area contributed by atoms with Crippen LogP contribution in [-0.2, 0) is 18.2 Å². The molecule has 2 aromatic carbocycles. The van der Waals surface area contributed by atoms with Crippen molar-refractivity contribution in [2.24, 2.45) is 7.05 Å². The Morgan fingerprint density at radius 1 is 1.04 bits per heavy atom. The van der Waals surface area contributed by atoms with Crippen LogP contribution in [0.2, 0.25) is 0 Å². The third kappa shape index (κ3) is 3.13. The van der Waals surface area contributed by atoms with E-state index < -0.39 is 11.9 Å². The molecule has 0 saturated heterocycles. The number of carboxylic acids is 1. The average Bonchev–Trinajstić information content (AvgIpc) is 2.96. The largest absolute Gasteiger partial charge is 0.496 e. The molecular formula is C20H19NO5. The van der Waals surface area contributed by atoms with Gasteiger partial charge in [0.15, 0.2) is 0 Å². The second kappa shape index (κ2) is 6.92. The fourth-order valence-electron chi connectivity index (χ4n) is 3.09. The van der Waals surface area contributed by atoms with Crippen LogP contribution >= 0.6 is 0 Å². The molecule has 3 aromatic rings. The van der Waals surface area contributed by atoms with Crippen LogP contribution in [0.25, 0.3) is 10.9 Å². The van der Waals surface area contributed by atoms with Crippen LogP contribution < -0.4 is 4.74 Å². The van der Waals surface area contributed by atoms with Gasteiger partial charge in [0.1, 0.15) is 5.75 Å². The number of carbonyl (C=O) groups is 2. The number of carbonyl (C=O) groups excluding carboxylic acids is 1. The van der Waals surface area contributed by atoms with E-state index in [2.05, 4.69) is 0 Å². The van der Waals surface area contributed by atoms with Gasteiger partial charge >= 0.3 is 11.9 Å². The first-order chi connectivity index (χ1) is 12.4. The van der Waals surface area contributed by atoms with Gasteiger partial charge in [-0.3, -0.25) is 0 Å². The highest BCUT2D eigenvalue weighted by atomic mass is 16.5. The van der Waals surface area contributed by atoms with Crippen molar-refractivity contribution in [1.29, 1.82) is 0 Å². The third-order valence-corrected chi connectivity index (χ3v) is 4.41. The van der Waals surface area contributed by atoms with Gasteiger partial charge in [-0.1, -0.05) is 6.07 Å². The van der Waals surface area contributed by atoms with E-state index in [1.165, 1.54) is 7.11 Å². The monoisotopic (exact) mass is 353 g/mol. The Labute approximate surface area is 150 Å². The summed E-state index contributed by atoms with van der Waals surface area (Å²) >= 11 is 0. The van der Waals surface area contributed by atoms with Gasteiger partial charge in [0.25, 0.3) is 0 Å². The van der Waals surface area contributed by atoms with Crippen LogP contribution in [0.5, 0.6) is 5.75 Å².